The molecule has 7 aromatic carbocycles. The minimum absolute atomic E-state index is 0. The maximum Gasteiger partial charge on any atom is 0.245 e. The highest BCUT2D eigenvalue weighted by atomic mass is 79.9. The maximum atomic E-state index is 2.64. The topological polar surface area (TPSA) is 17.6 Å². The molecular weight excluding hydrogens is 973 g/mol. The van der Waals surface area contributed by atoms with Gasteiger partial charge < -0.3 is 34.0 Å². The van der Waals surface area contributed by atoms with Gasteiger partial charge in [-0.1, -0.05) is 205 Å². The van der Waals surface area contributed by atoms with Gasteiger partial charge in [0.1, 0.15) is 26.2 Å². The molecule has 4 nitrogen and oxygen atoms in total. The van der Waals surface area contributed by atoms with Crippen LogP contribution < -0.4 is 43.1 Å². The van der Waals surface area contributed by atoms with Gasteiger partial charge in [-0.15, -0.1) is 0 Å². The van der Waals surface area contributed by atoms with E-state index < -0.39 is 0 Å². The van der Waals surface area contributed by atoms with Crippen LogP contribution in [-0.2, 0) is 31.6 Å². The number of hydrogen-bond acceptors (Lipinski definition) is 0. The molecule has 0 spiro atoms. The zero-order valence-corrected chi connectivity index (χ0v) is 43.7. The number of para-hydroxylation sites is 4. The fourth-order valence-electron chi connectivity index (χ4n) is 11.8. The van der Waals surface area contributed by atoms with E-state index >= 15 is 0 Å². The first kappa shape index (κ1) is 48.5. The van der Waals surface area contributed by atoms with Crippen molar-refractivity contribution < 1.29 is 43.1 Å². The second kappa shape index (κ2) is 21.6. The molecule has 0 N–H and O–H groups in total. The number of nitrogens with zero attached hydrogens (tertiary/aromatic N) is 4. The third-order valence-corrected chi connectivity index (χ3v) is 15.3. The third-order valence-electron chi connectivity index (χ3n) is 15.3. The molecule has 0 atom stereocenters. The van der Waals surface area contributed by atoms with Crippen LogP contribution >= 0.6 is 0 Å². The van der Waals surface area contributed by atoms with Crippen LogP contribution in [0.2, 0.25) is 0 Å². The van der Waals surface area contributed by atoms with Crippen LogP contribution in [0, 0.1) is 0 Å². The van der Waals surface area contributed by atoms with Crippen LogP contribution in [-0.4, -0.2) is 9.13 Å². The van der Waals surface area contributed by atoms with E-state index in [-0.39, 0.29) is 39.4 Å². The van der Waals surface area contributed by atoms with Crippen LogP contribution in [0.3, 0.4) is 0 Å². The quantitative estimate of drug-likeness (QED) is 0.0860. The van der Waals surface area contributed by atoms with Gasteiger partial charge in [-0.05, 0) is 110 Å². The summed E-state index contributed by atoms with van der Waals surface area (Å²) in [5.41, 5.74) is 21.5. The van der Waals surface area contributed by atoms with Gasteiger partial charge in [0.15, 0.2) is 22.1 Å². The number of unbranched alkanes of at least 4 members (excludes halogenated alkanes) is 8. The van der Waals surface area contributed by atoms with Gasteiger partial charge in [0, 0.05) is 5.41 Å². The molecule has 0 unspecified atom stereocenters. The van der Waals surface area contributed by atoms with E-state index in [1.807, 2.05) is 0 Å². The number of rotatable bonds is 12. The van der Waals surface area contributed by atoms with Crippen LogP contribution in [0.4, 0.5) is 0 Å². The Labute approximate surface area is 431 Å². The average molecular weight is 1040 g/mol. The first-order valence-electron chi connectivity index (χ1n) is 25.6. The molecule has 0 saturated carbocycles. The molecular formula is C63H66Br2N4. The lowest BCUT2D eigenvalue weighted by molar-refractivity contribution is -0.663. The molecule has 4 aliphatic rings. The number of hydrogen-bond donors (Lipinski definition) is 0. The standard InChI is InChI=1S/C63H66N4.2BrH/c1-3-5-7-9-15-36-63(37-16-10-8-6-4-2)57-38-49-28-34-55(57)56-35-29-50(39-58(56)63)44-67-46-65(60-21-12-14-23-62(60)67)42-48-26-32-52(33-27-48)54-19-17-18-53(40-54)51-30-24-47(25-31-51)41-64-45-66(43-49)61-22-13-11-20-59(61)64;;/h11-14,17-35,38-40,45-46H,3-10,15-16,36-37,41-44H2,1-2H3;2*1H/q+2;;/p-2. The lowest BCUT2D eigenvalue weighted by Gasteiger charge is -2.33. The summed E-state index contributed by atoms with van der Waals surface area (Å²) < 4.78 is 9.87. The number of imidazole rings is 2. The minimum Gasteiger partial charge on any atom is -1.00 e. The highest BCUT2D eigenvalue weighted by molar-refractivity contribution is 5.82. The van der Waals surface area contributed by atoms with Crippen molar-refractivity contribution in [1.82, 2.24) is 9.13 Å². The Morgan fingerprint density at radius 2 is 0.826 bits per heavy atom. The second-order valence-corrected chi connectivity index (χ2v) is 19.9. The summed E-state index contributed by atoms with van der Waals surface area (Å²) in [6.45, 7) is 7.98. The Balaban J connectivity index is 0.00000296. The summed E-state index contributed by atoms with van der Waals surface area (Å²) in [5, 5.41) is 0. The molecule has 9 aromatic rings. The lowest BCUT2D eigenvalue weighted by atomic mass is 9.70. The highest BCUT2D eigenvalue weighted by Gasteiger charge is 2.43. The van der Waals surface area contributed by atoms with Crippen molar-refractivity contribution in [2.75, 3.05) is 0 Å². The van der Waals surface area contributed by atoms with Gasteiger partial charge >= 0.3 is 0 Å². The summed E-state index contributed by atoms with van der Waals surface area (Å²) in [7, 11) is 0. The van der Waals surface area contributed by atoms with Crippen molar-refractivity contribution in [3.05, 3.63) is 204 Å². The molecule has 69 heavy (non-hydrogen) atoms. The Morgan fingerprint density at radius 3 is 1.28 bits per heavy atom. The molecule has 0 radical (unpaired) electrons. The van der Waals surface area contributed by atoms with E-state index in [0.717, 1.165) is 26.2 Å². The normalized spacial score (nSPS) is 13.4. The van der Waals surface area contributed by atoms with Gasteiger partial charge in [-0.3, -0.25) is 0 Å². The van der Waals surface area contributed by atoms with E-state index in [1.54, 1.807) is 11.1 Å². The molecule has 2 aromatic heterocycles. The largest absolute Gasteiger partial charge is 1.00 e. The summed E-state index contributed by atoms with van der Waals surface area (Å²) in [6, 6.07) is 60.5. The summed E-state index contributed by atoms with van der Waals surface area (Å²) in [5.74, 6) is 0. The molecule has 14 bridgehead atoms. The minimum atomic E-state index is -0.00623. The van der Waals surface area contributed by atoms with Crippen molar-refractivity contribution in [3.63, 3.8) is 0 Å². The van der Waals surface area contributed by atoms with Crippen molar-refractivity contribution in [2.24, 2.45) is 0 Å². The molecule has 0 amide bonds. The number of halogens is 2. The molecule has 5 heterocycles. The Morgan fingerprint density at radius 1 is 0.406 bits per heavy atom. The maximum absolute atomic E-state index is 2.64. The Bertz CT molecular complexity index is 2970. The average Bonchev–Trinajstić information content (AvgIpc) is 3.98. The van der Waals surface area contributed by atoms with E-state index in [1.165, 1.54) is 155 Å². The number of benzene rings is 7. The number of aromatic nitrogens is 4. The fourth-order valence-corrected chi connectivity index (χ4v) is 11.8. The van der Waals surface area contributed by atoms with Gasteiger partial charge in [0.2, 0.25) is 12.7 Å². The Hall–Kier alpha value is -5.56. The van der Waals surface area contributed by atoms with Crippen molar-refractivity contribution >= 4 is 22.1 Å². The first-order valence-corrected chi connectivity index (χ1v) is 25.6. The van der Waals surface area contributed by atoms with E-state index in [2.05, 4.69) is 202 Å². The van der Waals surface area contributed by atoms with Crippen LogP contribution in [0.25, 0.3) is 55.4 Å². The zero-order valence-electron chi connectivity index (χ0n) is 40.5. The van der Waals surface area contributed by atoms with E-state index in [4.69, 9.17) is 0 Å². The van der Waals surface area contributed by atoms with Crippen LogP contribution in [0.5, 0.6) is 0 Å². The van der Waals surface area contributed by atoms with Gasteiger partial charge in [-0.2, -0.15) is 0 Å². The Kier molecular flexibility index (Phi) is 15.2. The predicted molar refractivity (Wildman–Crippen MR) is 277 cm³/mol. The summed E-state index contributed by atoms with van der Waals surface area (Å²) >= 11 is 0. The van der Waals surface area contributed by atoms with Crippen LogP contribution in [0.1, 0.15) is 124 Å². The molecule has 0 saturated heterocycles. The van der Waals surface area contributed by atoms with Gasteiger partial charge in [0.25, 0.3) is 0 Å². The van der Waals surface area contributed by atoms with E-state index in [0.29, 0.717) is 0 Å². The first-order chi connectivity index (χ1) is 33.1. The van der Waals surface area contributed by atoms with Gasteiger partial charge in [-0.25, -0.2) is 18.3 Å². The molecule has 0 fully saturated rings. The fraction of sp³-hybridized carbons (Fsp3) is 0.302. The van der Waals surface area contributed by atoms with E-state index in [9.17, 15) is 0 Å². The molecule has 1 aliphatic carbocycles. The molecule has 3 aliphatic heterocycles. The summed E-state index contributed by atoms with van der Waals surface area (Å²) in [4.78, 5) is 0. The third kappa shape index (κ3) is 9.82. The number of fused-ring (bicyclic) bond motifs is 5. The highest BCUT2D eigenvalue weighted by Crippen LogP contribution is 2.55. The SMILES string of the molecule is CCCCCCCC1(CCCCCCC)c2cc3ccc2-c2ccc(cc21)C[n+]1cn(c2ccccc21)Cc1ccc(cc1)-c1cccc(c1)-c1ccc(cc1)Cn1c[n+](c2ccccc21)C3.[Br-].[Br-]. The van der Waals surface area contributed by atoms with Crippen molar-refractivity contribution in [3.8, 4) is 33.4 Å². The molecule has 352 valence electrons. The molecule has 13 rings (SSSR count). The van der Waals surface area contributed by atoms with Crippen LogP contribution in [0.15, 0.2) is 170 Å². The van der Waals surface area contributed by atoms with Crippen molar-refractivity contribution in [2.45, 2.75) is 122 Å². The predicted octanol–water partition coefficient (Wildman–Crippen LogP) is 9.01. The van der Waals surface area contributed by atoms with Crippen molar-refractivity contribution in [1.29, 1.82) is 0 Å². The smallest absolute Gasteiger partial charge is 0.245 e. The lowest BCUT2D eigenvalue weighted by Crippen LogP contribution is -3.00. The zero-order chi connectivity index (χ0) is 45.2. The second-order valence-electron chi connectivity index (χ2n) is 19.9. The monoisotopic (exact) mass is 1040 g/mol. The molecule has 6 heteroatoms. The van der Waals surface area contributed by atoms with Gasteiger partial charge in [0.05, 0.1) is 0 Å². The summed E-state index contributed by atoms with van der Waals surface area (Å²) in [6.07, 6.45) is 20.1.